The third kappa shape index (κ3) is 2.14. The Kier molecular flexibility index (Phi) is 3.29. The average molecular weight is 337 g/mol. The summed E-state index contributed by atoms with van der Waals surface area (Å²) >= 11 is 0. The smallest absolute Gasteiger partial charge is 0.0795 e. The van der Waals surface area contributed by atoms with Crippen LogP contribution in [0, 0.1) is 6.92 Å². The molecule has 0 aliphatic heterocycles. The van der Waals surface area contributed by atoms with Crippen LogP contribution in [0.3, 0.4) is 0 Å². The maximum absolute atomic E-state index is 4.95. The van der Waals surface area contributed by atoms with E-state index in [-0.39, 0.29) is 0 Å². The Hall–Kier alpha value is -3.20. The van der Waals surface area contributed by atoms with Crippen LogP contribution in [-0.4, -0.2) is 14.6 Å². The predicted octanol–water partition coefficient (Wildman–Crippen LogP) is 5.57. The first-order chi connectivity index (χ1) is 12.8. The summed E-state index contributed by atoms with van der Waals surface area (Å²) in [5.41, 5.74) is 7.82. The molecule has 3 heteroatoms. The predicted molar refractivity (Wildman–Crippen MR) is 108 cm³/mol. The molecule has 126 valence electrons. The maximum Gasteiger partial charge on any atom is 0.0795 e. The first kappa shape index (κ1) is 15.1. The van der Waals surface area contributed by atoms with E-state index in [1.807, 2.05) is 12.1 Å². The number of aryl methyl sites for hydroxylation is 2. The van der Waals surface area contributed by atoms with Crippen LogP contribution in [0.4, 0.5) is 0 Å². The summed E-state index contributed by atoms with van der Waals surface area (Å²) in [5, 5.41) is 7.25. The van der Waals surface area contributed by atoms with Crippen molar-refractivity contribution in [3.8, 4) is 11.3 Å². The molecule has 5 aromatic rings. The Morgan fingerprint density at radius 1 is 0.885 bits per heavy atom. The van der Waals surface area contributed by atoms with E-state index in [1.54, 1.807) is 0 Å². The minimum absolute atomic E-state index is 0.921. The lowest BCUT2D eigenvalue weighted by Crippen LogP contribution is -1.97. The number of para-hydroxylation sites is 1. The molecule has 5 rings (SSSR count). The second-order valence-corrected chi connectivity index (χ2v) is 6.70. The van der Waals surface area contributed by atoms with Gasteiger partial charge in [0.15, 0.2) is 0 Å². The van der Waals surface area contributed by atoms with E-state index in [1.165, 1.54) is 5.56 Å². The fourth-order valence-electron chi connectivity index (χ4n) is 3.80. The Morgan fingerprint density at radius 2 is 1.65 bits per heavy atom. The summed E-state index contributed by atoms with van der Waals surface area (Å²) in [4.78, 5) is 4.95. The zero-order chi connectivity index (χ0) is 17.7. The molecule has 0 aliphatic rings. The normalized spacial score (nSPS) is 11.6. The van der Waals surface area contributed by atoms with Crippen LogP contribution in [0.25, 0.3) is 38.6 Å². The molecule has 2 aromatic carbocycles. The van der Waals surface area contributed by atoms with E-state index in [2.05, 4.69) is 73.0 Å². The molecule has 0 fully saturated rings. The molecule has 0 radical (unpaired) electrons. The quantitative estimate of drug-likeness (QED) is 0.394. The van der Waals surface area contributed by atoms with E-state index in [9.17, 15) is 0 Å². The molecular formula is C23H19N3. The van der Waals surface area contributed by atoms with Crippen LogP contribution in [0.5, 0.6) is 0 Å². The first-order valence-electron chi connectivity index (χ1n) is 9.02. The van der Waals surface area contributed by atoms with Crippen molar-refractivity contribution in [2.24, 2.45) is 0 Å². The number of rotatable bonds is 2. The molecule has 0 bridgehead atoms. The van der Waals surface area contributed by atoms with Gasteiger partial charge >= 0.3 is 0 Å². The van der Waals surface area contributed by atoms with Gasteiger partial charge in [-0.25, -0.2) is 9.50 Å². The van der Waals surface area contributed by atoms with E-state index < -0.39 is 0 Å². The molecule has 0 saturated carbocycles. The van der Waals surface area contributed by atoms with Crippen molar-refractivity contribution < 1.29 is 0 Å². The molecule has 26 heavy (non-hydrogen) atoms. The third-order valence-corrected chi connectivity index (χ3v) is 5.14. The second kappa shape index (κ2) is 5.67. The molecule has 0 N–H and O–H groups in total. The van der Waals surface area contributed by atoms with Crippen molar-refractivity contribution in [2.45, 2.75) is 20.3 Å². The average Bonchev–Trinajstić information content (AvgIpc) is 3.03. The standard InChI is InChI=1S/C23H19N3/c1-3-19-15(2)23-18-13-17-11-7-8-12-20(17)24-21(18)14-22(26(23)25-19)16-9-5-4-6-10-16/h4-14H,3H2,1-2H3. The number of hydrogen-bond donors (Lipinski definition) is 0. The molecule has 3 aromatic heterocycles. The first-order valence-corrected chi connectivity index (χ1v) is 9.02. The highest BCUT2D eigenvalue weighted by Gasteiger charge is 2.16. The third-order valence-electron chi connectivity index (χ3n) is 5.14. The summed E-state index contributed by atoms with van der Waals surface area (Å²) in [5.74, 6) is 0. The van der Waals surface area contributed by atoms with Gasteiger partial charge in [0.05, 0.1) is 27.9 Å². The Morgan fingerprint density at radius 3 is 2.46 bits per heavy atom. The largest absolute Gasteiger partial charge is 0.248 e. The molecule has 3 heterocycles. The summed E-state index contributed by atoms with van der Waals surface area (Å²) in [7, 11) is 0. The molecule has 0 atom stereocenters. The van der Waals surface area contributed by atoms with Crippen LogP contribution >= 0.6 is 0 Å². The Bertz CT molecular complexity index is 1270. The van der Waals surface area contributed by atoms with Crippen molar-refractivity contribution in [1.82, 2.24) is 14.6 Å². The lowest BCUT2D eigenvalue weighted by atomic mass is 10.0. The molecule has 0 saturated heterocycles. The second-order valence-electron chi connectivity index (χ2n) is 6.70. The highest BCUT2D eigenvalue weighted by molar-refractivity contribution is 6.03. The lowest BCUT2D eigenvalue weighted by molar-refractivity contribution is 0.903. The number of benzene rings is 2. The summed E-state index contributed by atoms with van der Waals surface area (Å²) in [6.07, 6.45) is 0.921. The van der Waals surface area contributed by atoms with Gasteiger partial charge in [-0.05, 0) is 37.1 Å². The topological polar surface area (TPSA) is 30.2 Å². The SMILES string of the molecule is CCc1nn2c(-c3ccccc3)cc3nc4ccccc4cc3c2c1C. The van der Waals surface area contributed by atoms with Crippen LogP contribution in [0.2, 0.25) is 0 Å². The van der Waals surface area contributed by atoms with E-state index in [0.29, 0.717) is 0 Å². The number of hydrogen-bond acceptors (Lipinski definition) is 2. The zero-order valence-corrected chi connectivity index (χ0v) is 14.9. The van der Waals surface area contributed by atoms with Gasteiger partial charge in [0, 0.05) is 16.3 Å². The Labute approximate surface area is 151 Å². The highest BCUT2D eigenvalue weighted by atomic mass is 15.2. The van der Waals surface area contributed by atoms with Gasteiger partial charge in [-0.15, -0.1) is 0 Å². The fraction of sp³-hybridized carbons (Fsp3) is 0.130. The van der Waals surface area contributed by atoms with Gasteiger partial charge in [0.25, 0.3) is 0 Å². The van der Waals surface area contributed by atoms with Crippen molar-refractivity contribution in [2.75, 3.05) is 0 Å². The van der Waals surface area contributed by atoms with Gasteiger partial charge in [-0.3, -0.25) is 0 Å². The van der Waals surface area contributed by atoms with Gasteiger partial charge < -0.3 is 0 Å². The maximum atomic E-state index is 4.95. The van der Waals surface area contributed by atoms with Crippen molar-refractivity contribution in [3.63, 3.8) is 0 Å². The summed E-state index contributed by atoms with van der Waals surface area (Å²) in [6.45, 7) is 4.33. The minimum Gasteiger partial charge on any atom is -0.248 e. The van der Waals surface area contributed by atoms with E-state index in [4.69, 9.17) is 10.1 Å². The highest BCUT2D eigenvalue weighted by Crippen LogP contribution is 2.32. The molecule has 0 aliphatic carbocycles. The fourth-order valence-corrected chi connectivity index (χ4v) is 3.80. The molecule has 3 nitrogen and oxygen atoms in total. The van der Waals surface area contributed by atoms with Gasteiger partial charge in [0.2, 0.25) is 0 Å². The molecular weight excluding hydrogens is 318 g/mol. The van der Waals surface area contributed by atoms with Gasteiger partial charge in [-0.2, -0.15) is 5.10 Å². The van der Waals surface area contributed by atoms with Gasteiger partial charge in [-0.1, -0.05) is 55.5 Å². The molecule has 0 amide bonds. The number of nitrogens with zero attached hydrogens (tertiary/aromatic N) is 3. The number of pyridine rings is 2. The van der Waals surface area contributed by atoms with E-state index in [0.717, 1.165) is 50.7 Å². The number of aromatic nitrogens is 3. The summed E-state index contributed by atoms with van der Waals surface area (Å²) < 4.78 is 2.10. The van der Waals surface area contributed by atoms with Crippen LogP contribution in [-0.2, 0) is 6.42 Å². The van der Waals surface area contributed by atoms with Crippen LogP contribution in [0.1, 0.15) is 18.2 Å². The zero-order valence-electron chi connectivity index (χ0n) is 14.9. The summed E-state index contributed by atoms with van der Waals surface area (Å²) in [6, 6.07) is 23.1. The van der Waals surface area contributed by atoms with Crippen LogP contribution in [0.15, 0.2) is 66.7 Å². The molecule has 0 spiro atoms. The number of fused-ring (bicyclic) bond motifs is 4. The minimum atomic E-state index is 0.921. The Balaban J connectivity index is 1.99. The monoisotopic (exact) mass is 337 g/mol. The van der Waals surface area contributed by atoms with Crippen molar-refractivity contribution in [3.05, 3.63) is 78.0 Å². The van der Waals surface area contributed by atoms with Crippen molar-refractivity contribution in [1.29, 1.82) is 0 Å². The van der Waals surface area contributed by atoms with E-state index >= 15 is 0 Å². The lowest BCUT2D eigenvalue weighted by Gasteiger charge is -2.10. The van der Waals surface area contributed by atoms with Gasteiger partial charge in [0.1, 0.15) is 0 Å². The molecule has 0 unspecified atom stereocenters. The van der Waals surface area contributed by atoms with Crippen LogP contribution < -0.4 is 0 Å². The van der Waals surface area contributed by atoms with Crippen molar-refractivity contribution >= 4 is 27.3 Å².